The van der Waals surface area contributed by atoms with Crippen LogP contribution in [0.4, 0.5) is 4.39 Å². The van der Waals surface area contributed by atoms with Crippen LogP contribution >= 0.6 is 0 Å². The molecule has 13 heavy (non-hydrogen) atoms. The molecule has 3 nitrogen and oxygen atoms in total. The first kappa shape index (κ1) is 10.4. The monoisotopic (exact) mass is 188 g/mol. The zero-order valence-electron chi connectivity index (χ0n) is 8.19. The number of piperidine rings is 1. The van der Waals surface area contributed by atoms with Gasteiger partial charge in [-0.2, -0.15) is 0 Å². The lowest BCUT2D eigenvalue weighted by atomic mass is 10.1. The van der Waals surface area contributed by atoms with Gasteiger partial charge in [-0.25, -0.2) is 4.39 Å². The highest BCUT2D eigenvalue weighted by Crippen LogP contribution is 2.09. The van der Waals surface area contributed by atoms with E-state index < -0.39 is 11.6 Å². The van der Waals surface area contributed by atoms with Crippen LogP contribution in [0.3, 0.4) is 0 Å². The second kappa shape index (κ2) is 4.05. The largest absolute Gasteiger partial charge is 0.349 e. The first-order valence-electron chi connectivity index (χ1n) is 4.71. The van der Waals surface area contributed by atoms with Crippen molar-refractivity contribution < 1.29 is 9.18 Å². The summed E-state index contributed by atoms with van der Waals surface area (Å²) in [4.78, 5) is 11.2. The van der Waals surface area contributed by atoms with E-state index in [1.54, 1.807) is 0 Å². The first-order valence-corrected chi connectivity index (χ1v) is 4.71. The van der Waals surface area contributed by atoms with Crippen LogP contribution in [0.15, 0.2) is 0 Å². The molecule has 1 aliphatic rings. The molecular weight excluding hydrogens is 171 g/mol. The topological polar surface area (TPSA) is 41.1 Å². The van der Waals surface area contributed by atoms with E-state index in [-0.39, 0.29) is 6.04 Å². The third-order valence-corrected chi connectivity index (χ3v) is 2.17. The van der Waals surface area contributed by atoms with Gasteiger partial charge in [0.2, 0.25) is 0 Å². The molecule has 1 fully saturated rings. The summed E-state index contributed by atoms with van der Waals surface area (Å²) < 4.78 is 13.1. The molecule has 0 saturated carbocycles. The van der Waals surface area contributed by atoms with Crippen molar-refractivity contribution in [2.45, 2.75) is 38.4 Å². The van der Waals surface area contributed by atoms with E-state index in [2.05, 4.69) is 10.6 Å². The molecule has 1 atom stereocenters. The third-order valence-electron chi connectivity index (χ3n) is 2.17. The SMILES string of the molecule is CC(C)(F)C(=O)NC1CCCNC1. The maximum absolute atomic E-state index is 13.1. The van der Waals surface area contributed by atoms with E-state index in [0.29, 0.717) is 0 Å². The van der Waals surface area contributed by atoms with Gasteiger partial charge in [0.05, 0.1) is 0 Å². The van der Waals surface area contributed by atoms with Crippen LogP contribution in [0.1, 0.15) is 26.7 Å². The molecule has 76 valence electrons. The summed E-state index contributed by atoms with van der Waals surface area (Å²) in [6, 6.07) is 0.0938. The van der Waals surface area contributed by atoms with Crippen LogP contribution in [0.25, 0.3) is 0 Å². The summed E-state index contributed by atoms with van der Waals surface area (Å²) in [7, 11) is 0. The highest BCUT2D eigenvalue weighted by molar-refractivity contribution is 5.84. The maximum Gasteiger partial charge on any atom is 0.257 e. The number of amides is 1. The molecule has 0 aromatic rings. The molecule has 0 bridgehead atoms. The summed E-state index contributed by atoms with van der Waals surface area (Å²) in [6.45, 7) is 4.30. The number of nitrogens with one attached hydrogen (secondary N) is 2. The Hall–Kier alpha value is -0.640. The number of rotatable bonds is 2. The minimum absolute atomic E-state index is 0.0938. The average molecular weight is 188 g/mol. The lowest BCUT2D eigenvalue weighted by Crippen LogP contribution is -2.50. The van der Waals surface area contributed by atoms with Crippen LogP contribution in [-0.2, 0) is 4.79 Å². The number of hydrogen-bond donors (Lipinski definition) is 2. The Morgan fingerprint density at radius 3 is 2.77 bits per heavy atom. The molecular formula is C9H17FN2O. The fraction of sp³-hybridized carbons (Fsp3) is 0.889. The van der Waals surface area contributed by atoms with Crippen LogP contribution in [-0.4, -0.2) is 30.7 Å². The van der Waals surface area contributed by atoms with Crippen molar-refractivity contribution in [2.24, 2.45) is 0 Å². The average Bonchev–Trinajstić information content (AvgIpc) is 2.04. The van der Waals surface area contributed by atoms with Gasteiger partial charge in [-0.1, -0.05) is 0 Å². The van der Waals surface area contributed by atoms with Crippen molar-refractivity contribution in [1.29, 1.82) is 0 Å². The van der Waals surface area contributed by atoms with E-state index in [4.69, 9.17) is 0 Å². The van der Waals surface area contributed by atoms with Gasteiger partial charge in [0.15, 0.2) is 5.67 Å². The molecule has 1 amide bonds. The van der Waals surface area contributed by atoms with Gasteiger partial charge in [-0.15, -0.1) is 0 Å². The molecule has 0 aliphatic carbocycles. The van der Waals surface area contributed by atoms with Crippen molar-refractivity contribution in [2.75, 3.05) is 13.1 Å². The summed E-state index contributed by atoms with van der Waals surface area (Å²) in [5.41, 5.74) is -1.77. The summed E-state index contributed by atoms with van der Waals surface area (Å²) >= 11 is 0. The Bertz CT molecular complexity index is 183. The molecule has 1 unspecified atom stereocenters. The van der Waals surface area contributed by atoms with E-state index in [9.17, 15) is 9.18 Å². The summed E-state index contributed by atoms with van der Waals surface area (Å²) in [5.74, 6) is -0.513. The Balaban J connectivity index is 2.35. The molecule has 4 heteroatoms. The van der Waals surface area contributed by atoms with E-state index in [1.165, 1.54) is 13.8 Å². The number of alkyl halides is 1. The van der Waals surface area contributed by atoms with Gasteiger partial charge in [0, 0.05) is 12.6 Å². The fourth-order valence-electron chi connectivity index (χ4n) is 1.33. The molecule has 1 heterocycles. The van der Waals surface area contributed by atoms with Crippen LogP contribution in [0, 0.1) is 0 Å². The highest BCUT2D eigenvalue weighted by atomic mass is 19.1. The Morgan fingerprint density at radius 1 is 1.62 bits per heavy atom. The highest BCUT2D eigenvalue weighted by Gasteiger charge is 2.28. The fourth-order valence-corrected chi connectivity index (χ4v) is 1.33. The zero-order chi connectivity index (χ0) is 9.90. The molecule has 2 N–H and O–H groups in total. The summed E-state index contributed by atoms with van der Waals surface area (Å²) in [5, 5.41) is 5.84. The normalized spacial score (nSPS) is 24.1. The van der Waals surface area contributed by atoms with Gasteiger partial charge in [0.1, 0.15) is 0 Å². The van der Waals surface area contributed by atoms with E-state index in [0.717, 1.165) is 25.9 Å². The van der Waals surface area contributed by atoms with E-state index >= 15 is 0 Å². The van der Waals surface area contributed by atoms with Crippen molar-refractivity contribution >= 4 is 5.91 Å². The van der Waals surface area contributed by atoms with Gasteiger partial charge in [-0.05, 0) is 33.2 Å². The van der Waals surface area contributed by atoms with Gasteiger partial charge in [0.25, 0.3) is 5.91 Å². The van der Waals surface area contributed by atoms with Crippen molar-refractivity contribution in [1.82, 2.24) is 10.6 Å². The van der Waals surface area contributed by atoms with E-state index in [1.807, 2.05) is 0 Å². The maximum atomic E-state index is 13.1. The molecule has 1 saturated heterocycles. The second-order valence-corrected chi connectivity index (χ2v) is 3.99. The minimum atomic E-state index is -1.77. The van der Waals surface area contributed by atoms with Crippen molar-refractivity contribution in [3.8, 4) is 0 Å². The quantitative estimate of drug-likeness (QED) is 0.666. The first-order chi connectivity index (χ1) is 6.00. The molecule has 1 rings (SSSR count). The molecule has 0 aromatic carbocycles. The van der Waals surface area contributed by atoms with Crippen LogP contribution < -0.4 is 10.6 Å². The lowest BCUT2D eigenvalue weighted by Gasteiger charge is -2.26. The van der Waals surface area contributed by atoms with Gasteiger partial charge < -0.3 is 10.6 Å². The molecule has 0 radical (unpaired) electrons. The Kier molecular flexibility index (Phi) is 3.25. The minimum Gasteiger partial charge on any atom is -0.349 e. The zero-order valence-corrected chi connectivity index (χ0v) is 8.19. The number of carbonyl (C=O) groups excluding carboxylic acids is 1. The third kappa shape index (κ3) is 3.30. The molecule has 1 aliphatic heterocycles. The smallest absolute Gasteiger partial charge is 0.257 e. The van der Waals surface area contributed by atoms with Crippen molar-refractivity contribution in [3.63, 3.8) is 0 Å². The predicted octanol–water partition coefficient (Wildman–Crippen LogP) is 0.603. The molecule has 0 aromatic heterocycles. The van der Waals surface area contributed by atoms with Crippen LogP contribution in [0.2, 0.25) is 0 Å². The van der Waals surface area contributed by atoms with Gasteiger partial charge >= 0.3 is 0 Å². The second-order valence-electron chi connectivity index (χ2n) is 3.99. The predicted molar refractivity (Wildman–Crippen MR) is 49.2 cm³/mol. The number of carbonyl (C=O) groups is 1. The number of hydrogen-bond acceptors (Lipinski definition) is 2. The standard InChI is InChI=1S/C9H17FN2O/c1-9(2,10)8(13)12-7-4-3-5-11-6-7/h7,11H,3-6H2,1-2H3,(H,12,13). The molecule has 0 spiro atoms. The Morgan fingerprint density at radius 2 is 2.31 bits per heavy atom. The Labute approximate surface area is 78.1 Å². The van der Waals surface area contributed by atoms with Crippen molar-refractivity contribution in [3.05, 3.63) is 0 Å². The van der Waals surface area contributed by atoms with Gasteiger partial charge in [-0.3, -0.25) is 4.79 Å². The summed E-state index contributed by atoms with van der Waals surface area (Å²) in [6.07, 6.45) is 1.98. The number of halogens is 1. The lowest BCUT2D eigenvalue weighted by molar-refractivity contribution is -0.131. The van der Waals surface area contributed by atoms with Crippen LogP contribution in [0.5, 0.6) is 0 Å².